The molecule has 1 amide bonds. The van der Waals surface area contributed by atoms with E-state index >= 15 is 0 Å². The highest BCUT2D eigenvalue weighted by atomic mass is 32.1. The van der Waals surface area contributed by atoms with Crippen molar-refractivity contribution in [1.29, 1.82) is 0 Å². The maximum atomic E-state index is 12.6. The fourth-order valence-corrected chi connectivity index (χ4v) is 3.70. The number of amides is 1. The van der Waals surface area contributed by atoms with Crippen molar-refractivity contribution in [2.24, 2.45) is 0 Å². The van der Waals surface area contributed by atoms with Gasteiger partial charge in [-0.1, -0.05) is 0 Å². The smallest absolute Gasteiger partial charge is 0.241 e. The van der Waals surface area contributed by atoms with Gasteiger partial charge in [0.05, 0.1) is 18.8 Å². The standard InChI is InChI=1S/C17H21N3O2S/c1-11(20-7-5-16-12(10-20)6-8-23-16)17(21)19-14-4-3-13(18)9-15(14)22-2/h3-4,6,8-9,11H,5,7,10,18H2,1-2H3,(H,19,21). The van der Waals surface area contributed by atoms with Crippen LogP contribution in [0.4, 0.5) is 11.4 Å². The third-order valence-electron chi connectivity index (χ3n) is 4.25. The van der Waals surface area contributed by atoms with E-state index in [1.54, 1.807) is 36.6 Å². The number of ether oxygens (including phenoxy) is 1. The molecule has 122 valence electrons. The van der Waals surface area contributed by atoms with Gasteiger partial charge in [-0.25, -0.2) is 0 Å². The van der Waals surface area contributed by atoms with Gasteiger partial charge in [-0.15, -0.1) is 11.3 Å². The number of hydrogen-bond donors (Lipinski definition) is 2. The molecule has 1 atom stereocenters. The van der Waals surface area contributed by atoms with Crippen LogP contribution in [0.3, 0.4) is 0 Å². The molecule has 0 radical (unpaired) electrons. The molecule has 6 heteroatoms. The van der Waals surface area contributed by atoms with Gasteiger partial charge >= 0.3 is 0 Å². The molecule has 1 aliphatic heterocycles. The molecule has 0 aliphatic carbocycles. The molecule has 1 aromatic carbocycles. The Bertz CT molecular complexity index is 714. The van der Waals surface area contributed by atoms with E-state index in [-0.39, 0.29) is 11.9 Å². The Kier molecular flexibility index (Phi) is 4.54. The normalized spacial score (nSPS) is 15.7. The number of nitrogens with zero attached hydrogens (tertiary/aromatic N) is 1. The van der Waals surface area contributed by atoms with Crippen molar-refractivity contribution in [2.45, 2.75) is 25.9 Å². The van der Waals surface area contributed by atoms with E-state index in [1.807, 2.05) is 6.92 Å². The van der Waals surface area contributed by atoms with Gasteiger partial charge in [0.1, 0.15) is 5.75 Å². The summed E-state index contributed by atoms with van der Waals surface area (Å²) in [5.41, 5.74) is 8.34. The van der Waals surface area contributed by atoms with E-state index in [0.717, 1.165) is 19.5 Å². The van der Waals surface area contributed by atoms with Crippen LogP contribution in [0.5, 0.6) is 5.75 Å². The van der Waals surface area contributed by atoms with Crippen molar-refractivity contribution < 1.29 is 9.53 Å². The van der Waals surface area contributed by atoms with Crippen LogP contribution in [0.2, 0.25) is 0 Å². The van der Waals surface area contributed by atoms with Gasteiger partial charge in [-0.3, -0.25) is 9.69 Å². The zero-order chi connectivity index (χ0) is 16.4. The Balaban J connectivity index is 1.69. The minimum Gasteiger partial charge on any atom is -0.494 e. The zero-order valence-corrected chi connectivity index (χ0v) is 14.2. The number of hydrogen-bond acceptors (Lipinski definition) is 5. The van der Waals surface area contributed by atoms with Crippen LogP contribution in [-0.4, -0.2) is 30.5 Å². The molecule has 0 bridgehead atoms. The van der Waals surface area contributed by atoms with Gasteiger partial charge in [-0.2, -0.15) is 0 Å². The maximum absolute atomic E-state index is 12.6. The predicted molar refractivity (Wildman–Crippen MR) is 93.9 cm³/mol. The van der Waals surface area contributed by atoms with Crippen LogP contribution in [0.15, 0.2) is 29.6 Å². The summed E-state index contributed by atoms with van der Waals surface area (Å²) in [5.74, 6) is 0.538. The van der Waals surface area contributed by atoms with E-state index < -0.39 is 0 Å². The summed E-state index contributed by atoms with van der Waals surface area (Å²) >= 11 is 1.80. The van der Waals surface area contributed by atoms with E-state index in [2.05, 4.69) is 21.7 Å². The second-order valence-electron chi connectivity index (χ2n) is 5.71. The number of benzene rings is 1. The van der Waals surface area contributed by atoms with Crippen molar-refractivity contribution in [3.05, 3.63) is 40.1 Å². The van der Waals surface area contributed by atoms with Crippen molar-refractivity contribution in [1.82, 2.24) is 4.90 Å². The average molecular weight is 331 g/mol. The lowest BCUT2D eigenvalue weighted by atomic mass is 10.1. The lowest BCUT2D eigenvalue weighted by Crippen LogP contribution is -2.44. The van der Waals surface area contributed by atoms with Crippen LogP contribution in [0.25, 0.3) is 0 Å². The van der Waals surface area contributed by atoms with E-state index in [4.69, 9.17) is 10.5 Å². The monoisotopic (exact) mass is 331 g/mol. The van der Waals surface area contributed by atoms with Gasteiger partial charge < -0.3 is 15.8 Å². The zero-order valence-electron chi connectivity index (χ0n) is 13.3. The summed E-state index contributed by atoms with van der Waals surface area (Å²) in [6.07, 6.45) is 1.01. The SMILES string of the molecule is COc1cc(N)ccc1NC(=O)C(C)N1CCc2sccc2C1. The van der Waals surface area contributed by atoms with Gasteiger partial charge in [0.15, 0.2) is 0 Å². The maximum Gasteiger partial charge on any atom is 0.241 e. The van der Waals surface area contributed by atoms with E-state index in [1.165, 1.54) is 10.4 Å². The van der Waals surface area contributed by atoms with Crippen LogP contribution >= 0.6 is 11.3 Å². The molecule has 1 aromatic heterocycles. The number of nitrogen functional groups attached to an aromatic ring is 1. The molecule has 1 aliphatic rings. The summed E-state index contributed by atoms with van der Waals surface area (Å²) < 4.78 is 5.28. The Morgan fingerprint density at radius 3 is 3.04 bits per heavy atom. The molecule has 0 spiro atoms. The third kappa shape index (κ3) is 3.33. The predicted octanol–water partition coefficient (Wildman–Crippen LogP) is 2.72. The molecule has 1 unspecified atom stereocenters. The summed E-state index contributed by atoms with van der Waals surface area (Å²) in [5, 5.41) is 5.07. The van der Waals surface area contributed by atoms with Crippen molar-refractivity contribution in [3.63, 3.8) is 0 Å². The van der Waals surface area contributed by atoms with Crippen molar-refractivity contribution in [3.8, 4) is 5.75 Å². The molecule has 0 saturated heterocycles. The summed E-state index contributed by atoms with van der Waals surface area (Å²) in [4.78, 5) is 16.2. The Labute approximate surface area is 140 Å². The number of carbonyl (C=O) groups excluding carboxylic acids is 1. The number of nitrogens with one attached hydrogen (secondary N) is 1. The van der Waals surface area contributed by atoms with E-state index in [0.29, 0.717) is 17.1 Å². The second kappa shape index (κ2) is 6.60. The topological polar surface area (TPSA) is 67.6 Å². The molecule has 0 fully saturated rings. The fourth-order valence-electron chi connectivity index (χ4n) is 2.81. The van der Waals surface area contributed by atoms with Crippen LogP contribution in [0.1, 0.15) is 17.4 Å². The number of carbonyl (C=O) groups is 1. The number of fused-ring (bicyclic) bond motifs is 1. The number of rotatable bonds is 4. The third-order valence-corrected chi connectivity index (χ3v) is 5.27. The largest absolute Gasteiger partial charge is 0.494 e. The second-order valence-corrected chi connectivity index (χ2v) is 6.72. The van der Waals surface area contributed by atoms with Gasteiger partial charge in [-0.05, 0) is 42.5 Å². The molecule has 0 saturated carbocycles. The van der Waals surface area contributed by atoms with Gasteiger partial charge in [0.25, 0.3) is 0 Å². The number of anilines is 2. The van der Waals surface area contributed by atoms with Gasteiger partial charge in [0, 0.05) is 29.7 Å². The first-order valence-electron chi connectivity index (χ1n) is 7.62. The van der Waals surface area contributed by atoms with Crippen LogP contribution < -0.4 is 15.8 Å². The Morgan fingerprint density at radius 2 is 2.26 bits per heavy atom. The minimum atomic E-state index is -0.203. The molecule has 5 nitrogen and oxygen atoms in total. The Hall–Kier alpha value is -2.05. The van der Waals surface area contributed by atoms with Crippen LogP contribution in [-0.2, 0) is 17.8 Å². The molecule has 2 heterocycles. The highest BCUT2D eigenvalue weighted by Crippen LogP contribution is 2.28. The molecule has 2 aromatic rings. The highest BCUT2D eigenvalue weighted by Gasteiger charge is 2.26. The minimum absolute atomic E-state index is 0.0354. The van der Waals surface area contributed by atoms with Crippen molar-refractivity contribution in [2.75, 3.05) is 24.7 Å². The van der Waals surface area contributed by atoms with Gasteiger partial charge in [0.2, 0.25) is 5.91 Å². The van der Waals surface area contributed by atoms with Crippen LogP contribution in [0, 0.1) is 0 Å². The average Bonchev–Trinajstić information content (AvgIpc) is 3.03. The first-order valence-corrected chi connectivity index (χ1v) is 8.50. The molecule has 3 rings (SSSR count). The quantitative estimate of drug-likeness (QED) is 0.845. The molecular weight excluding hydrogens is 310 g/mol. The lowest BCUT2D eigenvalue weighted by molar-refractivity contribution is -0.121. The summed E-state index contributed by atoms with van der Waals surface area (Å²) in [6, 6.07) is 7.18. The first-order chi connectivity index (χ1) is 11.1. The molecular formula is C17H21N3O2S. The highest BCUT2D eigenvalue weighted by molar-refractivity contribution is 7.10. The molecule has 3 N–H and O–H groups in total. The Morgan fingerprint density at radius 1 is 1.43 bits per heavy atom. The fraction of sp³-hybridized carbons (Fsp3) is 0.353. The first kappa shape index (κ1) is 15.8. The summed E-state index contributed by atoms with van der Waals surface area (Å²) in [6.45, 7) is 3.67. The number of methoxy groups -OCH3 is 1. The lowest BCUT2D eigenvalue weighted by Gasteiger charge is -2.31. The number of nitrogens with two attached hydrogens (primary N) is 1. The van der Waals surface area contributed by atoms with E-state index in [9.17, 15) is 4.79 Å². The molecule has 23 heavy (non-hydrogen) atoms. The summed E-state index contributed by atoms with van der Waals surface area (Å²) in [7, 11) is 1.57. The number of thiophene rings is 1. The van der Waals surface area contributed by atoms with Crippen molar-refractivity contribution >= 4 is 28.6 Å².